The van der Waals surface area contributed by atoms with Crippen molar-refractivity contribution in [3.8, 4) is 0 Å². The summed E-state index contributed by atoms with van der Waals surface area (Å²) in [5.41, 5.74) is 0.874. The molecule has 0 aromatic carbocycles. The molecule has 6 nitrogen and oxygen atoms in total. The Labute approximate surface area is 113 Å². The number of amides is 1. The summed E-state index contributed by atoms with van der Waals surface area (Å²) in [6.07, 6.45) is -0.160. The van der Waals surface area contributed by atoms with Crippen molar-refractivity contribution >= 4 is 12.1 Å². The molecule has 1 aliphatic rings. The molecule has 0 spiro atoms. The molecule has 0 aromatic heterocycles. The average Bonchev–Trinajstić information content (AvgIpc) is 2.77. The lowest BCUT2D eigenvalue weighted by Crippen LogP contribution is -2.44. The minimum atomic E-state index is -0.730. The first-order valence-corrected chi connectivity index (χ1v) is 6.16. The Morgan fingerprint density at radius 2 is 2.00 bits per heavy atom. The van der Waals surface area contributed by atoms with Gasteiger partial charge in [-0.25, -0.2) is 9.59 Å². The van der Waals surface area contributed by atoms with Crippen molar-refractivity contribution in [2.45, 2.75) is 19.4 Å². The Morgan fingerprint density at radius 1 is 1.37 bits per heavy atom. The van der Waals surface area contributed by atoms with Gasteiger partial charge in [-0.1, -0.05) is 12.2 Å². The number of likely N-dealkylation sites (tertiary alicyclic amines) is 1. The van der Waals surface area contributed by atoms with Gasteiger partial charge in [0.15, 0.2) is 0 Å². The highest BCUT2D eigenvalue weighted by molar-refractivity contribution is 5.82. The van der Waals surface area contributed by atoms with E-state index in [2.05, 4.69) is 6.58 Å². The van der Waals surface area contributed by atoms with Crippen LogP contribution < -0.4 is 0 Å². The number of carbonyl (C=O) groups excluding carboxylic acids is 2. The Hall–Kier alpha value is -1.56. The number of aliphatic hydroxyl groups is 1. The van der Waals surface area contributed by atoms with Gasteiger partial charge in [-0.05, 0) is 13.3 Å². The number of ether oxygens (including phenoxy) is 2. The number of hydrogen-bond acceptors (Lipinski definition) is 5. The SMILES string of the molecule is C=C(C)[C@H]1CN(C(=O)OC)[C@@H](C(=O)OC)[C@@H]1CCO. The lowest BCUT2D eigenvalue weighted by Gasteiger charge is -2.25. The average molecular weight is 271 g/mol. The second-order valence-corrected chi connectivity index (χ2v) is 4.72. The predicted octanol–water partition coefficient (Wildman–Crippen LogP) is 0.801. The molecular formula is C13H21NO5. The van der Waals surface area contributed by atoms with Crippen LogP contribution in [0.15, 0.2) is 12.2 Å². The van der Waals surface area contributed by atoms with Gasteiger partial charge in [-0.3, -0.25) is 4.90 Å². The third-order valence-electron chi connectivity index (χ3n) is 3.60. The van der Waals surface area contributed by atoms with Crippen LogP contribution in [0.1, 0.15) is 13.3 Å². The van der Waals surface area contributed by atoms with Crippen molar-refractivity contribution in [3.63, 3.8) is 0 Å². The molecule has 3 atom stereocenters. The quantitative estimate of drug-likeness (QED) is 0.604. The van der Waals surface area contributed by atoms with Gasteiger partial charge in [-0.2, -0.15) is 0 Å². The first kappa shape index (κ1) is 15.5. The standard InChI is InChI=1S/C13H21NO5/c1-8(2)10-7-14(13(17)19-4)11(12(16)18-3)9(10)5-6-15/h9-11,15H,1,5-7H2,2-4H3/t9-,10-,11-/m1/s1. The maximum Gasteiger partial charge on any atom is 0.410 e. The minimum Gasteiger partial charge on any atom is -0.467 e. The number of carbonyl (C=O) groups is 2. The second-order valence-electron chi connectivity index (χ2n) is 4.72. The molecule has 0 unspecified atom stereocenters. The molecule has 1 amide bonds. The van der Waals surface area contributed by atoms with Crippen LogP contribution in [0, 0.1) is 11.8 Å². The smallest absolute Gasteiger partial charge is 0.410 e. The zero-order valence-electron chi connectivity index (χ0n) is 11.6. The van der Waals surface area contributed by atoms with Crippen molar-refractivity contribution in [3.05, 3.63) is 12.2 Å². The normalized spacial score (nSPS) is 26.1. The van der Waals surface area contributed by atoms with E-state index in [9.17, 15) is 9.59 Å². The van der Waals surface area contributed by atoms with Crippen LogP contribution in [-0.2, 0) is 14.3 Å². The van der Waals surface area contributed by atoms with Crippen molar-refractivity contribution in [2.24, 2.45) is 11.8 Å². The lowest BCUT2D eigenvalue weighted by molar-refractivity contribution is -0.146. The Bertz CT molecular complexity index is 368. The van der Waals surface area contributed by atoms with E-state index in [0.29, 0.717) is 13.0 Å². The van der Waals surface area contributed by atoms with Gasteiger partial charge in [0.25, 0.3) is 0 Å². The zero-order chi connectivity index (χ0) is 14.6. The van der Waals surface area contributed by atoms with Gasteiger partial charge in [0.1, 0.15) is 6.04 Å². The van der Waals surface area contributed by atoms with E-state index in [1.807, 2.05) is 6.92 Å². The molecule has 6 heteroatoms. The molecule has 1 rings (SSSR count). The van der Waals surface area contributed by atoms with Crippen LogP contribution in [-0.4, -0.2) is 55.5 Å². The van der Waals surface area contributed by atoms with Gasteiger partial charge < -0.3 is 14.6 Å². The van der Waals surface area contributed by atoms with Crippen LogP contribution in [0.5, 0.6) is 0 Å². The number of rotatable bonds is 4. The predicted molar refractivity (Wildman–Crippen MR) is 68.4 cm³/mol. The highest BCUT2D eigenvalue weighted by Gasteiger charge is 2.48. The molecule has 0 aromatic rings. The monoisotopic (exact) mass is 271 g/mol. The fourth-order valence-corrected chi connectivity index (χ4v) is 2.67. The largest absolute Gasteiger partial charge is 0.467 e. The number of esters is 1. The van der Waals surface area contributed by atoms with Crippen molar-refractivity contribution in [1.29, 1.82) is 0 Å². The van der Waals surface area contributed by atoms with Gasteiger partial charge in [-0.15, -0.1) is 0 Å². The second kappa shape index (κ2) is 6.56. The van der Waals surface area contributed by atoms with Crippen LogP contribution in [0.4, 0.5) is 4.79 Å². The lowest BCUT2D eigenvalue weighted by atomic mass is 9.84. The number of hydrogen-bond donors (Lipinski definition) is 1. The van der Waals surface area contributed by atoms with E-state index in [1.54, 1.807) is 0 Å². The molecule has 1 saturated heterocycles. The van der Waals surface area contributed by atoms with Gasteiger partial charge in [0, 0.05) is 25.0 Å². The van der Waals surface area contributed by atoms with Crippen molar-refractivity contribution in [1.82, 2.24) is 4.90 Å². The topological polar surface area (TPSA) is 76.1 Å². The Balaban J connectivity index is 3.08. The molecule has 1 N–H and O–H groups in total. The van der Waals surface area contributed by atoms with E-state index in [-0.39, 0.29) is 18.4 Å². The molecule has 0 saturated carbocycles. The first-order valence-electron chi connectivity index (χ1n) is 6.16. The Morgan fingerprint density at radius 3 is 2.42 bits per heavy atom. The molecular weight excluding hydrogens is 250 g/mol. The summed E-state index contributed by atoms with van der Waals surface area (Å²) in [4.78, 5) is 25.0. The van der Waals surface area contributed by atoms with Crippen molar-refractivity contribution < 1.29 is 24.2 Å². The van der Waals surface area contributed by atoms with E-state index in [4.69, 9.17) is 14.6 Å². The molecule has 0 bridgehead atoms. The summed E-state index contributed by atoms with van der Waals surface area (Å²) in [6.45, 7) is 6.04. The molecule has 19 heavy (non-hydrogen) atoms. The summed E-state index contributed by atoms with van der Waals surface area (Å²) >= 11 is 0. The highest BCUT2D eigenvalue weighted by atomic mass is 16.5. The maximum absolute atomic E-state index is 11.9. The molecule has 0 aliphatic carbocycles. The van der Waals surface area contributed by atoms with Crippen LogP contribution in [0.3, 0.4) is 0 Å². The Kier molecular flexibility index (Phi) is 5.35. The number of methoxy groups -OCH3 is 2. The van der Waals surface area contributed by atoms with Crippen LogP contribution in [0.2, 0.25) is 0 Å². The van der Waals surface area contributed by atoms with E-state index in [1.165, 1.54) is 19.1 Å². The van der Waals surface area contributed by atoms with Crippen LogP contribution >= 0.6 is 0 Å². The highest BCUT2D eigenvalue weighted by Crippen LogP contribution is 2.37. The number of aliphatic hydroxyl groups excluding tert-OH is 1. The summed E-state index contributed by atoms with van der Waals surface area (Å²) < 4.78 is 9.46. The zero-order valence-corrected chi connectivity index (χ0v) is 11.6. The molecule has 1 heterocycles. The third-order valence-corrected chi connectivity index (χ3v) is 3.60. The minimum absolute atomic E-state index is 0.0460. The van der Waals surface area contributed by atoms with Gasteiger partial charge >= 0.3 is 12.1 Å². The number of nitrogens with zero attached hydrogens (tertiary/aromatic N) is 1. The summed E-state index contributed by atoms with van der Waals surface area (Å²) in [7, 11) is 2.55. The van der Waals surface area contributed by atoms with E-state index in [0.717, 1.165) is 5.57 Å². The molecule has 1 fully saturated rings. The fraction of sp³-hybridized carbons (Fsp3) is 0.692. The summed E-state index contributed by atoms with van der Waals surface area (Å²) in [5, 5.41) is 9.16. The first-order chi connectivity index (χ1) is 8.97. The summed E-state index contributed by atoms with van der Waals surface area (Å²) in [6, 6.07) is -0.730. The van der Waals surface area contributed by atoms with E-state index < -0.39 is 18.1 Å². The van der Waals surface area contributed by atoms with Gasteiger partial charge in [0.05, 0.1) is 14.2 Å². The molecule has 1 aliphatic heterocycles. The van der Waals surface area contributed by atoms with Crippen LogP contribution in [0.25, 0.3) is 0 Å². The van der Waals surface area contributed by atoms with Gasteiger partial charge in [0.2, 0.25) is 0 Å². The molecule has 108 valence electrons. The molecule has 0 radical (unpaired) electrons. The fourth-order valence-electron chi connectivity index (χ4n) is 2.67. The summed E-state index contributed by atoms with van der Waals surface area (Å²) in [5.74, 6) is -0.739. The van der Waals surface area contributed by atoms with Crippen molar-refractivity contribution in [2.75, 3.05) is 27.4 Å². The van der Waals surface area contributed by atoms with E-state index >= 15 is 0 Å². The maximum atomic E-state index is 11.9. The third kappa shape index (κ3) is 3.07.